The summed E-state index contributed by atoms with van der Waals surface area (Å²) in [6.07, 6.45) is 0.778. The summed E-state index contributed by atoms with van der Waals surface area (Å²) in [5.41, 5.74) is 8.72. The first-order valence-corrected chi connectivity index (χ1v) is 12.2. The van der Waals surface area contributed by atoms with Crippen molar-refractivity contribution in [3.05, 3.63) is 93.2 Å². The number of allylic oxidation sites excluding steroid dienone is 1. The molecule has 0 saturated carbocycles. The summed E-state index contributed by atoms with van der Waals surface area (Å²) in [4.78, 5) is 9.52. The van der Waals surface area contributed by atoms with Gasteiger partial charge in [0.15, 0.2) is 11.5 Å². The van der Waals surface area contributed by atoms with Crippen molar-refractivity contribution in [1.82, 2.24) is 35.2 Å². The van der Waals surface area contributed by atoms with Gasteiger partial charge in [-0.25, -0.2) is 15.1 Å². The number of hydrogen-bond acceptors (Lipinski definition) is 6. The molecule has 0 bridgehead atoms. The van der Waals surface area contributed by atoms with Crippen molar-refractivity contribution in [2.24, 2.45) is 0 Å². The Morgan fingerprint density at radius 3 is 2.78 bits per heavy atom. The van der Waals surface area contributed by atoms with Gasteiger partial charge in [-0.15, -0.1) is 5.10 Å². The maximum Gasteiger partial charge on any atom is 0.175 e. The molecule has 2 aromatic carbocycles. The van der Waals surface area contributed by atoms with E-state index in [0.29, 0.717) is 24.0 Å². The van der Waals surface area contributed by atoms with Crippen LogP contribution in [0.25, 0.3) is 22.3 Å². The number of aryl methyl sites for hydroxylation is 2. The minimum absolute atomic E-state index is 0.475. The van der Waals surface area contributed by atoms with Crippen molar-refractivity contribution in [3.8, 4) is 5.75 Å². The van der Waals surface area contributed by atoms with Crippen LogP contribution in [0.1, 0.15) is 53.4 Å². The molecule has 0 unspecified atom stereocenters. The van der Waals surface area contributed by atoms with Crippen LogP contribution in [0.15, 0.2) is 48.5 Å². The highest BCUT2D eigenvalue weighted by Crippen LogP contribution is 2.41. The van der Waals surface area contributed by atoms with Gasteiger partial charge in [0.05, 0.1) is 11.6 Å². The van der Waals surface area contributed by atoms with Crippen LogP contribution in [-0.2, 0) is 19.6 Å². The lowest BCUT2D eigenvalue weighted by atomic mass is 9.90. The lowest BCUT2D eigenvalue weighted by Gasteiger charge is -2.15. The first kappa shape index (κ1) is 22.4. The normalized spacial score (nSPS) is 14.2. The van der Waals surface area contributed by atoms with E-state index in [9.17, 15) is 0 Å². The zero-order chi connectivity index (χ0) is 24.8. The highest BCUT2D eigenvalue weighted by atomic mass is 35.5. The number of benzene rings is 2. The molecule has 1 aliphatic rings. The number of imidazole rings is 1. The topological polar surface area (TPSA) is 94.4 Å². The molecule has 9 heteroatoms. The number of halogens is 1. The molecule has 6 rings (SSSR count). The van der Waals surface area contributed by atoms with Gasteiger partial charge in [-0.2, -0.15) is 0 Å². The minimum Gasteiger partial charge on any atom is -0.488 e. The molecule has 180 valence electrons. The van der Waals surface area contributed by atoms with Crippen molar-refractivity contribution >= 4 is 33.9 Å². The van der Waals surface area contributed by atoms with Crippen LogP contribution in [0.5, 0.6) is 5.75 Å². The van der Waals surface area contributed by atoms with Crippen molar-refractivity contribution in [2.45, 2.75) is 40.3 Å². The van der Waals surface area contributed by atoms with Crippen LogP contribution in [0, 0.1) is 6.92 Å². The number of pyridine rings is 1. The Kier molecular flexibility index (Phi) is 5.53. The van der Waals surface area contributed by atoms with Gasteiger partial charge in [0.25, 0.3) is 0 Å². The van der Waals surface area contributed by atoms with Crippen LogP contribution in [0.3, 0.4) is 0 Å². The Labute approximate surface area is 213 Å². The third-order valence-electron chi connectivity index (χ3n) is 6.58. The Balaban J connectivity index is 1.48. The molecule has 0 aliphatic carbocycles. The zero-order valence-electron chi connectivity index (χ0n) is 20.2. The predicted molar refractivity (Wildman–Crippen MR) is 139 cm³/mol. The van der Waals surface area contributed by atoms with E-state index in [-0.39, 0.29) is 0 Å². The highest BCUT2D eigenvalue weighted by Gasteiger charge is 2.23. The van der Waals surface area contributed by atoms with E-state index in [1.54, 1.807) is 0 Å². The van der Waals surface area contributed by atoms with Crippen LogP contribution >= 0.6 is 11.6 Å². The summed E-state index contributed by atoms with van der Waals surface area (Å²) in [5, 5.41) is 15.2. The molecule has 1 N–H and O–H groups in total. The Morgan fingerprint density at radius 1 is 1.11 bits per heavy atom. The van der Waals surface area contributed by atoms with E-state index in [4.69, 9.17) is 26.3 Å². The molecule has 5 aromatic rings. The van der Waals surface area contributed by atoms with E-state index in [2.05, 4.69) is 62.4 Å². The maximum absolute atomic E-state index is 6.50. The van der Waals surface area contributed by atoms with Crippen molar-refractivity contribution in [1.29, 1.82) is 0 Å². The second-order valence-corrected chi connectivity index (χ2v) is 9.32. The van der Waals surface area contributed by atoms with E-state index in [1.165, 1.54) is 0 Å². The molecular formula is C27H24ClN7O. The number of H-pyrrole nitrogens is 1. The summed E-state index contributed by atoms with van der Waals surface area (Å²) in [5.74, 6) is 2.39. The molecule has 0 atom stereocenters. The summed E-state index contributed by atoms with van der Waals surface area (Å²) < 4.78 is 8.50. The minimum atomic E-state index is 0.475. The summed E-state index contributed by atoms with van der Waals surface area (Å²) >= 11 is 6.50. The average Bonchev–Trinajstić information content (AvgIpc) is 3.50. The molecular weight excluding hydrogens is 474 g/mol. The van der Waals surface area contributed by atoms with Crippen LogP contribution in [-0.4, -0.2) is 35.2 Å². The number of rotatable bonds is 4. The fraction of sp³-hybridized carbons (Fsp3) is 0.222. The molecule has 8 nitrogen and oxygen atoms in total. The molecule has 36 heavy (non-hydrogen) atoms. The Morgan fingerprint density at radius 2 is 1.97 bits per heavy atom. The largest absolute Gasteiger partial charge is 0.488 e. The van der Waals surface area contributed by atoms with Crippen LogP contribution in [0.4, 0.5) is 0 Å². The number of nitrogens with one attached hydrogen (secondary N) is 1. The number of tetrazole rings is 1. The molecule has 0 spiro atoms. The maximum atomic E-state index is 6.50. The first-order valence-electron chi connectivity index (χ1n) is 11.8. The van der Waals surface area contributed by atoms with Crippen molar-refractivity contribution in [3.63, 3.8) is 0 Å². The van der Waals surface area contributed by atoms with Gasteiger partial charge >= 0.3 is 0 Å². The van der Waals surface area contributed by atoms with Crippen molar-refractivity contribution < 1.29 is 4.74 Å². The van der Waals surface area contributed by atoms with Crippen molar-refractivity contribution in [2.75, 3.05) is 0 Å². The first-order chi connectivity index (χ1) is 17.5. The quantitative estimate of drug-likeness (QED) is 0.358. The standard InChI is InChI=1S/C27H24ClN7O/c1-4-23-30-25-21(28)11-15(2)29-27(25)35(23)13-17-9-10-20-22(12-17)36-14-18-7-5-6-8-19(18)24(20)16(3)26-31-33-34-32-26/h5-12H,4,13-14H2,1-3H3,(H,31,32,33,34)/b24-16+. The summed E-state index contributed by atoms with van der Waals surface area (Å²) in [7, 11) is 0. The van der Waals surface area contributed by atoms with Gasteiger partial charge in [0.2, 0.25) is 0 Å². The Bertz CT molecular complexity index is 1640. The van der Waals surface area contributed by atoms with Gasteiger partial charge in [0, 0.05) is 23.3 Å². The fourth-order valence-corrected chi connectivity index (χ4v) is 5.14. The van der Waals surface area contributed by atoms with E-state index in [0.717, 1.165) is 68.3 Å². The van der Waals surface area contributed by atoms with Gasteiger partial charge in [-0.05, 0) is 58.7 Å². The number of ether oxygens (including phenoxy) is 1. The summed E-state index contributed by atoms with van der Waals surface area (Å²) in [6, 6.07) is 16.5. The third-order valence-corrected chi connectivity index (χ3v) is 6.87. The molecule has 0 radical (unpaired) electrons. The second kappa shape index (κ2) is 8.87. The monoisotopic (exact) mass is 497 g/mol. The average molecular weight is 498 g/mol. The fourth-order valence-electron chi connectivity index (χ4n) is 4.85. The zero-order valence-corrected chi connectivity index (χ0v) is 21.0. The molecule has 0 fully saturated rings. The number of aromatic amines is 1. The SMILES string of the molecule is CCc1nc2c(Cl)cc(C)nc2n1Cc1ccc2c(c1)OCc1ccccc1/C2=C(/C)c1nnn[nH]1. The van der Waals surface area contributed by atoms with Crippen LogP contribution in [0.2, 0.25) is 5.02 Å². The molecule has 0 saturated heterocycles. The lowest BCUT2D eigenvalue weighted by Crippen LogP contribution is -2.06. The van der Waals surface area contributed by atoms with Gasteiger partial charge in [0.1, 0.15) is 23.7 Å². The molecule has 1 aliphatic heterocycles. The number of aromatic nitrogens is 7. The van der Waals surface area contributed by atoms with Gasteiger partial charge in [-0.1, -0.05) is 54.9 Å². The Hall–Kier alpha value is -4.04. The van der Waals surface area contributed by atoms with E-state index in [1.807, 2.05) is 32.0 Å². The van der Waals surface area contributed by atoms with E-state index < -0.39 is 0 Å². The van der Waals surface area contributed by atoms with Gasteiger partial charge < -0.3 is 9.30 Å². The third kappa shape index (κ3) is 3.74. The lowest BCUT2D eigenvalue weighted by molar-refractivity contribution is 0.307. The number of hydrogen-bond donors (Lipinski definition) is 1. The molecule has 4 heterocycles. The predicted octanol–water partition coefficient (Wildman–Crippen LogP) is 5.39. The number of nitrogens with zero attached hydrogens (tertiary/aromatic N) is 6. The number of fused-ring (bicyclic) bond motifs is 3. The molecule has 3 aromatic heterocycles. The van der Waals surface area contributed by atoms with Crippen LogP contribution < -0.4 is 4.74 Å². The smallest absolute Gasteiger partial charge is 0.175 e. The second-order valence-electron chi connectivity index (χ2n) is 8.91. The highest BCUT2D eigenvalue weighted by molar-refractivity contribution is 6.34. The van der Waals surface area contributed by atoms with E-state index >= 15 is 0 Å². The van der Waals surface area contributed by atoms with Gasteiger partial charge in [-0.3, -0.25) is 0 Å². The molecule has 0 amide bonds. The summed E-state index contributed by atoms with van der Waals surface area (Å²) in [6.45, 7) is 7.15.